The van der Waals surface area contributed by atoms with Crippen molar-refractivity contribution in [1.29, 1.82) is 0 Å². The van der Waals surface area contributed by atoms with Gasteiger partial charge in [0.1, 0.15) is 12.4 Å². The van der Waals surface area contributed by atoms with Crippen molar-refractivity contribution in [2.24, 2.45) is 5.92 Å². The fourth-order valence-corrected chi connectivity index (χ4v) is 3.86. The number of hydrogen-bond donors (Lipinski definition) is 2. The van der Waals surface area contributed by atoms with Crippen molar-refractivity contribution in [2.45, 2.75) is 13.0 Å². The van der Waals surface area contributed by atoms with Gasteiger partial charge in [-0.3, -0.25) is 20.4 Å². The van der Waals surface area contributed by atoms with Crippen LogP contribution in [0.5, 0.6) is 17.2 Å². The van der Waals surface area contributed by atoms with Crippen LogP contribution >= 0.6 is 11.6 Å². The molecule has 0 unspecified atom stereocenters. The number of nitrogens with one attached hydrogen (secondary N) is 2. The lowest BCUT2D eigenvalue weighted by Crippen LogP contribution is -2.36. The summed E-state index contributed by atoms with van der Waals surface area (Å²) in [5.41, 5.74) is 7.90. The molecule has 182 valence electrons. The minimum atomic E-state index is -0.471. The number of halogens is 1. The monoisotopic (exact) mass is 495 g/mol. The molecule has 0 spiro atoms. The number of hydrogen-bond acceptors (Lipinski definition) is 6. The molecule has 0 bridgehead atoms. The fourth-order valence-electron chi connectivity index (χ4n) is 3.74. The molecule has 1 saturated heterocycles. The molecule has 2 N–H and O–H groups in total. The average molecular weight is 496 g/mol. The second-order valence-electron chi connectivity index (χ2n) is 8.00. The highest BCUT2D eigenvalue weighted by atomic mass is 35.5. The normalized spacial score (nSPS) is 15.0. The number of nitrogens with zero attached hydrogens (tertiary/aromatic N) is 1. The predicted octanol–water partition coefficient (Wildman–Crippen LogP) is 4.43. The Bertz CT molecular complexity index is 1180. The molecule has 9 heteroatoms. The molecule has 0 saturated carbocycles. The van der Waals surface area contributed by atoms with Gasteiger partial charge in [0.25, 0.3) is 0 Å². The van der Waals surface area contributed by atoms with E-state index in [0.717, 1.165) is 11.3 Å². The van der Waals surface area contributed by atoms with Crippen LogP contribution in [-0.4, -0.2) is 32.6 Å². The van der Waals surface area contributed by atoms with E-state index in [2.05, 4.69) is 10.9 Å². The highest BCUT2D eigenvalue weighted by Crippen LogP contribution is 2.31. The van der Waals surface area contributed by atoms with Crippen molar-refractivity contribution >= 4 is 34.8 Å². The van der Waals surface area contributed by atoms with Gasteiger partial charge in [-0.05, 0) is 54.1 Å². The smallest absolute Gasteiger partial charge is 0.243 e. The fraction of sp³-hybridized carbons (Fsp3) is 0.231. The summed E-state index contributed by atoms with van der Waals surface area (Å²) in [7, 11) is 3.13. The number of ether oxygens (including phenoxy) is 3. The maximum Gasteiger partial charge on any atom is 0.243 e. The van der Waals surface area contributed by atoms with E-state index >= 15 is 0 Å². The van der Waals surface area contributed by atoms with E-state index in [0.29, 0.717) is 41.1 Å². The lowest BCUT2D eigenvalue weighted by Gasteiger charge is -2.17. The van der Waals surface area contributed by atoms with Gasteiger partial charge in [-0.2, -0.15) is 0 Å². The summed E-state index contributed by atoms with van der Waals surface area (Å²) < 4.78 is 16.5. The Labute approximate surface area is 208 Å². The molecule has 1 fully saturated rings. The predicted molar refractivity (Wildman–Crippen MR) is 134 cm³/mol. The van der Waals surface area contributed by atoms with Gasteiger partial charge in [-0.1, -0.05) is 23.7 Å². The van der Waals surface area contributed by atoms with Gasteiger partial charge in [-0.25, -0.2) is 0 Å². The molecule has 0 aromatic heterocycles. The molecule has 8 nitrogen and oxygen atoms in total. The molecule has 3 aromatic rings. The SMILES string of the molecule is COc1ccc(N2C[C@H](C(=O)NNc3ccc(OCc4ccc(Cl)cc4)c(OC)c3)CC2=O)cc1. The molecule has 1 heterocycles. The standard InChI is InChI=1S/C26H26ClN3O5/c1-33-22-10-8-21(9-11-22)30-15-18(13-25(30)31)26(32)29-28-20-7-12-23(24(14-20)34-2)35-16-17-3-5-19(27)6-4-17/h3-12,14,18,28H,13,15-16H2,1-2H3,(H,29,32)/t18-/m1/s1. The number of hydrazine groups is 1. The number of methoxy groups -OCH3 is 2. The first-order valence-electron chi connectivity index (χ1n) is 11.0. The Morgan fingerprint density at radius 2 is 1.74 bits per heavy atom. The number of amides is 2. The van der Waals surface area contributed by atoms with Crippen LogP contribution < -0.4 is 30.0 Å². The van der Waals surface area contributed by atoms with Crippen LogP contribution in [-0.2, 0) is 16.2 Å². The van der Waals surface area contributed by atoms with Crippen LogP contribution in [0.1, 0.15) is 12.0 Å². The largest absolute Gasteiger partial charge is 0.497 e. The van der Waals surface area contributed by atoms with Crippen molar-refractivity contribution in [2.75, 3.05) is 31.1 Å². The molecular weight excluding hydrogens is 470 g/mol. The maximum absolute atomic E-state index is 12.7. The number of carbonyl (C=O) groups excluding carboxylic acids is 2. The minimum Gasteiger partial charge on any atom is -0.497 e. The second-order valence-corrected chi connectivity index (χ2v) is 8.43. The maximum atomic E-state index is 12.7. The van der Waals surface area contributed by atoms with Crippen LogP contribution in [0, 0.1) is 5.92 Å². The van der Waals surface area contributed by atoms with Crippen LogP contribution in [0.4, 0.5) is 11.4 Å². The van der Waals surface area contributed by atoms with E-state index in [1.807, 2.05) is 12.1 Å². The first-order chi connectivity index (χ1) is 17.0. The summed E-state index contributed by atoms with van der Waals surface area (Å²) in [5.74, 6) is 0.947. The third-order valence-electron chi connectivity index (χ3n) is 5.68. The van der Waals surface area contributed by atoms with Crippen molar-refractivity contribution in [3.05, 3.63) is 77.3 Å². The van der Waals surface area contributed by atoms with Crippen molar-refractivity contribution < 1.29 is 23.8 Å². The van der Waals surface area contributed by atoms with Crippen LogP contribution in [0.3, 0.4) is 0 Å². The zero-order valence-electron chi connectivity index (χ0n) is 19.4. The Kier molecular flexibility index (Phi) is 7.62. The number of benzene rings is 3. The molecule has 35 heavy (non-hydrogen) atoms. The minimum absolute atomic E-state index is 0.0980. The van der Waals surface area contributed by atoms with Crippen LogP contribution in [0.15, 0.2) is 66.7 Å². The number of rotatable bonds is 9. The highest BCUT2D eigenvalue weighted by molar-refractivity contribution is 6.30. The van der Waals surface area contributed by atoms with E-state index in [-0.39, 0.29) is 18.2 Å². The van der Waals surface area contributed by atoms with Crippen LogP contribution in [0.25, 0.3) is 0 Å². The van der Waals surface area contributed by atoms with Gasteiger partial charge in [0.05, 0.1) is 25.8 Å². The summed E-state index contributed by atoms with van der Waals surface area (Å²) in [6, 6.07) is 19.8. The number of anilines is 2. The third kappa shape index (κ3) is 5.96. The third-order valence-corrected chi connectivity index (χ3v) is 5.93. The molecule has 2 amide bonds. The van der Waals surface area contributed by atoms with Crippen molar-refractivity contribution in [3.8, 4) is 17.2 Å². The molecule has 3 aromatic carbocycles. The molecule has 1 aliphatic rings. The van der Waals surface area contributed by atoms with Gasteiger partial charge >= 0.3 is 0 Å². The summed E-state index contributed by atoms with van der Waals surface area (Å²) in [5, 5.41) is 0.666. The molecule has 1 atom stereocenters. The first-order valence-corrected chi connectivity index (χ1v) is 11.4. The van der Waals surface area contributed by atoms with Crippen molar-refractivity contribution in [1.82, 2.24) is 5.43 Å². The summed E-state index contributed by atoms with van der Waals surface area (Å²) in [6.45, 7) is 0.664. The lowest BCUT2D eigenvalue weighted by molar-refractivity contribution is -0.125. The Hall–Kier alpha value is -3.91. The quantitative estimate of drug-likeness (QED) is 0.427. The van der Waals surface area contributed by atoms with E-state index in [4.69, 9.17) is 25.8 Å². The molecule has 1 aliphatic heterocycles. The molecule has 0 aliphatic carbocycles. The van der Waals surface area contributed by atoms with E-state index < -0.39 is 5.92 Å². The van der Waals surface area contributed by atoms with E-state index in [1.165, 1.54) is 0 Å². The van der Waals surface area contributed by atoms with Gasteiger partial charge < -0.3 is 19.1 Å². The average Bonchev–Trinajstić information content (AvgIpc) is 3.28. The zero-order chi connectivity index (χ0) is 24.8. The van der Waals surface area contributed by atoms with Gasteiger partial charge in [0, 0.05) is 29.7 Å². The molecular formula is C26H26ClN3O5. The summed E-state index contributed by atoms with van der Waals surface area (Å²) in [6.07, 6.45) is 0.139. The molecule has 0 radical (unpaired) electrons. The first kappa shape index (κ1) is 24.2. The van der Waals surface area contributed by atoms with Gasteiger partial charge in [0.15, 0.2) is 11.5 Å². The number of carbonyl (C=O) groups is 2. The second kappa shape index (κ2) is 11.0. The Morgan fingerprint density at radius 3 is 2.43 bits per heavy atom. The van der Waals surface area contributed by atoms with E-state index in [1.54, 1.807) is 73.7 Å². The van der Waals surface area contributed by atoms with Crippen LogP contribution in [0.2, 0.25) is 5.02 Å². The van der Waals surface area contributed by atoms with Crippen molar-refractivity contribution in [3.63, 3.8) is 0 Å². The zero-order valence-corrected chi connectivity index (χ0v) is 20.2. The van der Waals surface area contributed by atoms with Gasteiger partial charge in [-0.15, -0.1) is 0 Å². The lowest BCUT2D eigenvalue weighted by atomic mass is 10.1. The Balaban J connectivity index is 1.32. The van der Waals surface area contributed by atoms with Gasteiger partial charge in [0.2, 0.25) is 11.8 Å². The van der Waals surface area contributed by atoms with E-state index in [9.17, 15) is 9.59 Å². The summed E-state index contributed by atoms with van der Waals surface area (Å²) >= 11 is 5.92. The summed E-state index contributed by atoms with van der Waals surface area (Å²) in [4.78, 5) is 26.8. The Morgan fingerprint density at radius 1 is 1.00 bits per heavy atom. The highest BCUT2D eigenvalue weighted by Gasteiger charge is 2.35. The molecule has 4 rings (SSSR count). The topological polar surface area (TPSA) is 89.1 Å².